The van der Waals surface area contributed by atoms with Gasteiger partial charge in [0.1, 0.15) is 6.10 Å². The fraction of sp³-hybridized carbons (Fsp3) is 0.643. The van der Waals surface area contributed by atoms with Gasteiger partial charge in [0.05, 0.1) is 22.8 Å². The highest BCUT2D eigenvalue weighted by Gasteiger charge is 2.81. The fourth-order valence-corrected chi connectivity index (χ4v) is 9.20. The molecule has 0 N–H and O–H groups in total. The second kappa shape index (κ2) is 7.01. The molecule has 1 aromatic carbocycles. The summed E-state index contributed by atoms with van der Waals surface area (Å²) >= 11 is 6.57. The van der Waals surface area contributed by atoms with Gasteiger partial charge in [0.25, 0.3) is 0 Å². The lowest BCUT2D eigenvalue weighted by Crippen LogP contribution is -2.54. The molecule has 4 nitrogen and oxygen atoms in total. The number of esters is 1. The molecule has 1 aliphatic heterocycles. The molecule has 174 valence electrons. The van der Waals surface area contributed by atoms with Crippen LogP contribution in [0.15, 0.2) is 35.9 Å². The number of hydrogen-bond acceptors (Lipinski definition) is 4. The second-order valence-electron chi connectivity index (χ2n) is 11.6. The average molecular weight is 465 g/mol. The number of fused-ring (bicyclic) bond motifs is 7. The molecule has 4 aliphatic carbocycles. The van der Waals surface area contributed by atoms with Gasteiger partial charge in [-0.1, -0.05) is 49.2 Å². The number of carbonyl (C=O) groups is 1. The Hall–Kier alpha value is -1.99. The lowest BCUT2D eigenvalue weighted by Gasteiger charge is -2.58. The first kappa shape index (κ1) is 21.5. The summed E-state index contributed by atoms with van der Waals surface area (Å²) in [5.74, 6) is 1.70. The van der Waals surface area contributed by atoms with Crippen molar-refractivity contribution in [1.29, 1.82) is 5.26 Å². The zero-order chi connectivity index (χ0) is 23.2. The van der Waals surface area contributed by atoms with Gasteiger partial charge >= 0.3 is 5.97 Å². The predicted molar refractivity (Wildman–Crippen MR) is 129 cm³/mol. The Balaban J connectivity index is 1.30. The van der Waals surface area contributed by atoms with Crippen LogP contribution in [0.5, 0.6) is 0 Å². The summed E-state index contributed by atoms with van der Waals surface area (Å²) in [6, 6.07) is 11.1. The van der Waals surface area contributed by atoms with Crippen molar-refractivity contribution in [2.24, 2.45) is 28.6 Å². The molecule has 5 aliphatic rings. The molecule has 0 spiro atoms. The van der Waals surface area contributed by atoms with Crippen LogP contribution in [0, 0.1) is 39.9 Å². The van der Waals surface area contributed by atoms with Crippen molar-refractivity contribution in [2.45, 2.75) is 83.4 Å². The Morgan fingerprint density at radius 1 is 1.21 bits per heavy atom. The number of benzene rings is 1. The Bertz CT molecular complexity index is 1090. The molecule has 0 bridgehead atoms. The van der Waals surface area contributed by atoms with Crippen molar-refractivity contribution in [3.63, 3.8) is 0 Å². The molecule has 1 aromatic rings. The first-order chi connectivity index (χ1) is 15.8. The van der Waals surface area contributed by atoms with Crippen LogP contribution in [-0.2, 0) is 9.53 Å². The van der Waals surface area contributed by atoms with Gasteiger partial charge in [-0.25, -0.2) is 0 Å². The number of para-hydroxylation sites is 1. The minimum absolute atomic E-state index is 0.0105. The summed E-state index contributed by atoms with van der Waals surface area (Å²) in [5, 5.41) is 11.3. The van der Waals surface area contributed by atoms with E-state index in [9.17, 15) is 10.1 Å². The maximum Gasteiger partial charge on any atom is 0.302 e. The molecular weight excluding hydrogens is 432 g/mol. The number of piperidine rings is 1. The number of ether oxygens (including phenoxy) is 1. The molecule has 0 amide bonds. The van der Waals surface area contributed by atoms with Crippen LogP contribution >= 0.6 is 11.6 Å². The summed E-state index contributed by atoms with van der Waals surface area (Å²) in [7, 11) is 0. The van der Waals surface area contributed by atoms with Crippen LogP contribution in [0.1, 0.15) is 65.7 Å². The molecule has 1 saturated heterocycles. The third-order valence-corrected chi connectivity index (χ3v) is 10.8. The van der Waals surface area contributed by atoms with Gasteiger partial charge in [0, 0.05) is 18.8 Å². The van der Waals surface area contributed by atoms with E-state index >= 15 is 0 Å². The van der Waals surface area contributed by atoms with Gasteiger partial charge in [-0.3, -0.25) is 4.79 Å². The molecule has 6 rings (SSSR count). The molecule has 1 heterocycles. The number of anilines is 1. The first-order valence-electron chi connectivity index (χ1n) is 12.6. The highest BCUT2D eigenvalue weighted by molar-refractivity contribution is 6.33. The SMILES string of the molecule is CC(=O)OC1CCC2(C)C(=CCC3C2CCC2(C)C3CC3N(c4ccccc4Cl)C32C#N)C1. The highest BCUT2D eigenvalue weighted by Crippen LogP contribution is 2.74. The monoisotopic (exact) mass is 464 g/mol. The summed E-state index contributed by atoms with van der Waals surface area (Å²) in [6.45, 7) is 6.38. The molecule has 0 radical (unpaired) electrons. The van der Waals surface area contributed by atoms with Crippen LogP contribution in [0.3, 0.4) is 0 Å². The van der Waals surface area contributed by atoms with Gasteiger partial charge in [0.15, 0.2) is 5.54 Å². The van der Waals surface area contributed by atoms with Crippen LogP contribution in [0.25, 0.3) is 0 Å². The molecule has 8 atom stereocenters. The minimum Gasteiger partial charge on any atom is -0.462 e. The topological polar surface area (TPSA) is 53.1 Å². The van der Waals surface area contributed by atoms with Gasteiger partial charge < -0.3 is 9.64 Å². The average Bonchev–Trinajstić information content (AvgIpc) is 3.35. The normalized spacial score (nSPS) is 45.0. The molecule has 0 aromatic heterocycles. The number of nitrogens with zero attached hydrogens (tertiary/aromatic N) is 2. The van der Waals surface area contributed by atoms with Crippen molar-refractivity contribution in [1.82, 2.24) is 0 Å². The smallest absolute Gasteiger partial charge is 0.302 e. The van der Waals surface area contributed by atoms with Crippen molar-refractivity contribution < 1.29 is 9.53 Å². The molecule has 33 heavy (non-hydrogen) atoms. The number of rotatable bonds is 2. The Morgan fingerprint density at radius 2 is 2.00 bits per heavy atom. The van der Waals surface area contributed by atoms with E-state index in [0.29, 0.717) is 17.8 Å². The van der Waals surface area contributed by atoms with Gasteiger partial charge in [-0.15, -0.1) is 0 Å². The quantitative estimate of drug-likeness (QED) is 0.293. The van der Waals surface area contributed by atoms with E-state index in [1.165, 1.54) is 18.9 Å². The summed E-state index contributed by atoms with van der Waals surface area (Å²) in [6.07, 6.45) is 9.94. The number of halogens is 1. The molecule has 3 saturated carbocycles. The lowest BCUT2D eigenvalue weighted by atomic mass is 9.47. The van der Waals surface area contributed by atoms with Crippen LogP contribution in [0.4, 0.5) is 5.69 Å². The predicted octanol–water partition coefficient (Wildman–Crippen LogP) is 6.30. The van der Waals surface area contributed by atoms with Crippen molar-refractivity contribution in [3.05, 3.63) is 40.9 Å². The minimum atomic E-state index is -0.425. The standard InChI is InChI=1S/C28H33ClN2O2/c1-17(32)33-19-10-12-26(2)18(14-19)8-9-20-21(26)11-13-27(3)22(20)15-25-28(27,16-30)31(25)24-7-5-4-6-23(24)29/h4-8,19-22,25H,9-15H2,1-3H3. The summed E-state index contributed by atoms with van der Waals surface area (Å²) in [5.41, 5.74) is 2.31. The van der Waals surface area contributed by atoms with Gasteiger partial charge in [0.2, 0.25) is 0 Å². The van der Waals surface area contributed by atoms with E-state index in [4.69, 9.17) is 16.3 Å². The number of hydrogen-bond donors (Lipinski definition) is 0. The summed E-state index contributed by atoms with van der Waals surface area (Å²) < 4.78 is 5.59. The van der Waals surface area contributed by atoms with E-state index in [-0.39, 0.29) is 28.9 Å². The Morgan fingerprint density at radius 3 is 2.73 bits per heavy atom. The third kappa shape index (κ3) is 2.66. The van der Waals surface area contributed by atoms with E-state index in [1.54, 1.807) is 0 Å². The van der Waals surface area contributed by atoms with Crippen molar-refractivity contribution >= 4 is 23.3 Å². The van der Waals surface area contributed by atoms with Crippen molar-refractivity contribution in [2.75, 3.05) is 4.90 Å². The number of allylic oxidation sites excluding steroid dienone is 1. The fourth-order valence-electron chi connectivity index (χ4n) is 8.97. The van der Waals surface area contributed by atoms with E-state index in [1.807, 2.05) is 18.2 Å². The van der Waals surface area contributed by atoms with E-state index < -0.39 is 5.54 Å². The van der Waals surface area contributed by atoms with Gasteiger partial charge in [-0.2, -0.15) is 5.26 Å². The van der Waals surface area contributed by atoms with E-state index in [2.05, 4.69) is 37.0 Å². The largest absolute Gasteiger partial charge is 0.462 e. The van der Waals surface area contributed by atoms with Gasteiger partial charge in [-0.05, 0) is 73.8 Å². The van der Waals surface area contributed by atoms with Crippen LogP contribution in [0.2, 0.25) is 5.02 Å². The van der Waals surface area contributed by atoms with Crippen LogP contribution < -0.4 is 4.90 Å². The van der Waals surface area contributed by atoms with Crippen LogP contribution in [-0.4, -0.2) is 23.7 Å². The maximum absolute atomic E-state index is 11.5. The summed E-state index contributed by atoms with van der Waals surface area (Å²) in [4.78, 5) is 13.8. The zero-order valence-electron chi connectivity index (χ0n) is 19.8. The maximum atomic E-state index is 11.5. The highest BCUT2D eigenvalue weighted by atomic mass is 35.5. The molecule has 8 unspecified atom stereocenters. The molecule has 5 heteroatoms. The number of carbonyl (C=O) groups excluding carboxylic acids is 1. The van der Waals surface area contributed by atoms with E-state index in [0.717, 1.165) is 49.2 Å². The molecular formula is C28H33ClN2O2. The Labute approximate surface area is 201 Å². The Kier molecular flexibility index (Phi) is 4.58. The molecule has 4 fully saturated rings. The van der Waals surface area contributed by atoms with Crippen molar-refractivity contribution in [3.8, 4) is 6.07 Å². The third-order valence-electron chi connectivity index (χ3n) is 10.5. The number of nitriles is 1. The first-order valence-corrected chi connectivity index (χ1v) is 13.0. The lowest BCUT2D eigenvalue weighted by molar-refractivity contribution is -0.148. The zero-order valence-corrected chi connectivity index (χ0v) is 20.6. The second-order valence-corrected chi connectivity index (χ2v) is 12.0.